The topological polar surface area (TPSA) is 140 Å². The normalized spacial score (nSPS) is 19.7. The number of rotatable bonds is 14. The average molecular weight is 640 g/mol. The molecule has 3 amide bonds. The first-order chi connectivity index (χ1) is 22.7. The predicted octanol–water partition coefficient (Wildman–Crippen LogP) is 3.74. The van der Waals surface area contributed by atoms with Crippen molar-refractivity contribution in [1.82, 2.24) is 16.0 Å². The van der Waals surface area contributed by atoms with Crippen molar-refractivity contribution in [2.75, 3.05) is 7.11 Å². The summed E-state index contributed by atoms with van der Waals surface area (Å²) in [6.45, 7) is 0.00180. The second-order valence-electron chi connectivity index (χ2n) is 13.2. The third-order valence-corrected chi connectivity index (χ3v) is 9.60. The summed E-state index contributed by atoms with van der Waals surface area (Å²) in [6.07, 6.45) is 4.80. The molecule has 1 heterocycles. The lowest BCUT2D eigenvalue weighted by Gasteiger charge is -2.25. The van der Waals surface area contributed by atoms with Gasteiger partial charge in [0.15, 0.2) is 0 Å². The molecule has 0 unspecified atom stereocenters. The molecular weight excluding hydrogens is 598 g/mol. The SMILES string of the molecule is COC(=O)[C@H](C[C@@H]1CC2(CC2)NC1=O)NC(=O)[C@H](CC1CC1)NC(=O)[C@H](Cc1cccc2ccccc12)C(=O)OCc1ccccc1. The highest BCUT2D eigenvalue weighted by molar-refractivity contribution is 6.01. The Balaban J connectivity index is 1.19. The molecule has 1 aliphatic heterocycles. The Hall–Kier alpha value is -4.73. The van der Waals surface area contributed by atoms with E-state index in [1.54, 1.807) is 0 Å². The van der Waals surface area contributed by atoms with Gasteiger partial charge in [-0.05, 0) is 66.3 Å². The molecule has 2 aliphatic carbocycles. The highest BCUT2D eigenvalue weighted by Gasteiger charge is 2.53. The molecule has 6 rings (SSSR count). The molecule has 0 aromatic heterocycles. The Kier molecular flexibility index (Phi) is 9.56. The van der Waals surface area contributed by atoms with Crippen LogP contribution in [0.25, 0.3) is 10.8 Å². The van der Waals surface area contributed by atoms with Gasteiger partial charge in [0.25, 0.3) is 0 Å². The van der Waals surface area contributed by atoms with E-state index in [0.717, 1.165) is 47.6 Å². The molecule has 0 bridgehead atoms. The maximum absolute atomic E-state index is 14.0. The predicted molar refractivity (Wildman–Crippen MR) is 173 cm³/mol. The molecule has 3 N–H and O–H groups in total. The Morgan fingerprint density at radius 1 is 0.851 bits per heavy atom. The lowest BCUT2D eigenvalue weighted by Crippen LogP contribution is -2.54. The van der Waals surface area contributed by atoms with Crippen LogP contribution in [0.5, 0.6) is 0 Å². The van der Waals surface area contributed by atoms with Crippen LogP contribution in [0, 0.1) is 17.8 Å². The zero-order valence-electron chi connectivity index (χ0n) is 26.5. The van der Waals surface area contributed by atoms with Crippen LogP contribution in [0.4, 0.5) is 0 Å². The molecule has 1 saturated heterocycles. The van der Waals surface area contributed by atoms with E-state index in [9.17, 15) is 24.0 Å². The number of fused-ring (bicyclic) bond motifs is 1. The van der Waals surface area contributed by atoms with Crippen molar-refractivity contribution >= 4 is 40.4 Å². The van der Waals surface area contributed by atoms with Crippen molar-refractivity contribution in [3.05, 3.63) is 83.9 Å². The highest BCUT2D eigenvalue weighted by atomic mass is 16.5. The van der Waals surface area contributed by atoms with E-state index in [4.69, 9.17) is 9.47 Å². The highest BCUT2D eigenvalue weighted by Crippen LogP contribution is 2.46. The number of carbonyl (C=O) groups excluding carboxylic acids is 5. The van der Waals surface area contributed by atoms with Gasteiger partial charge in [-0.1, -0.05) is 85.6 Å². The minimum Gasteiger partial charge on any atom is -0.467 e. The summed E-state index contributed by atoms with van der Waals surface area (Å²) in [7, 11) is 1.24. The molecule has 3 aliphatic rings. The second kappa shape index (κ2) is 13.9. The van der Waals surface area contributed by atoms with Gasteiger partial charge in [0.1, 0.15) is 24.6 Å². The number of hydrogen-bond donors (Lipinski definition) is 3. The Morgan fingerprint density at radius 2 is 1.55 bits per heavy atom. The molecule has 246 valence electrons. The Bertz CT molecular complexity index is 1640. The first-order valence-electron chi connectivity index (χ1n) is 16.4. The van der Waals surface area contributed by atoms with Crippen LogP contribution in [-0.4, -0.2) is 54.4 Å². The van der Waals surface area contributed by atoms with Crippen LogP contribution < -0.4 is 16.0 Å². The van der Waals surface area contributed by atoms with E-state index < -0.39 is 47.7 Å². The van der Waals surface area contributed by atoms with E-state index in [-0.39, 0.29) is 36.8 Å². The minimum absolute atomic E-state index is 0.00180. The largest absolute Gasteiger partial charge is 0.467 e. The maximum atomic E-state index is 14.0. The van der Waals surface area contributed by atoms with Gasteiger partial charge in [0, 0.05) is 11.5 Å². The standard InChI is InChI=1S/C37H41N3O7/c1-46-36(45)31(20-27-21-37(16-17-37)40-32(27)41)39-34(43)30(18-23-14-15-23)38-33(42)29(35(44)47-22-24-8-3-2-4-9-24)19-26-12-7-11-25-10-5-6-13-28(25)26/h2-13,23,27,29-31H,14-22H2,1H3,(H,38,42)(H,39,43)(H,40,41)/t27-,29+,30+,31+/m1/s1. The first kappa shape index (κ1) is 32.2. The number of hydrogen-bond acceptors (Lipinski definition) is 7. The summed E-state index contributed by atoms with van der Waals surface area (Å²) in [6, 6.07) is 20.6. The Labute approximate surface area is 274 Å². The van der Waals surface area contributed by atoms with Crippen LogP contribution in [0.1, 0.15) is 56.1 Å². The van der Waals surface area contributed by atoms with Gasteiger partial charge in [0.2, 0.25) is 17.7 Å². The van der Waals surface area contributed by atoms with Crippen molar-refractivity contribution in [3.8, 4) is 0 Å². The number of carbonyl (C=O) groups is 5. The van der Waals surface area contributed by atoms with Gasteiger partial charge < -0.3 is 25.4 Å². The molecule has 47 heavy (non-hydrogen) atoms. The molecule has 0 radical (unpaired) electrons. The number of methoxy groups -OCH3 is 1. The van der Waals surface area contributed by atoms with Crippen molar-refractivity contribution in [2.24, 2.45) is 17.8 Å². The third-order valence-electron chi connectivity index (χ3n) is 9.60. The molecule has 4 atom stereocenters. The van der Waals surface area contributed by atoms with Gasteiger partial charge in [-0.3, -0.25) is 19.2 Å². The molecule has 2 saturated carbocycles. The number of benzene rings is 3. The van der Waals surface area contributed by atoms with Crippen LogP contribution in [0.2, 0.25) is 0 Å². The minimum atomic E-state index is -1.23. The van der Waals surface area contributed by atoms with E-state index in [1.807, 2.05) is 72.8 Å². The summed E-state index contributed by atoms with van der Waals surface area (Å²) in [5.41, 5.74) is 1.41. The van der Waals surface area contributed by atoms with E-state index in [0.29, 0.717) is 12.8 Å². The van der Waals surface area contributed by atoms with Gasteiger partial charge >= 0.3 is 11.9 Å². The van der Waals surface area contributed by atoms with Crippen molar-refractivity contribution < 1.29 is 33.4 Å². The van der Waals surface area contributed by atoms with Crippen molar-refractivity contribution in [3.63, 3.8) is 0 Å². The van der Waals surface area contributed by atoms with Gasteiger partial charge in [-0.2, -0.15) is 0 Å². The molecule has 3 aromatic rings. The summed E-state index contributed by atoms with van der Waals surface area (Å²) >= 11 is 0. The van der Waals surface area contributed by atoms with Crippen LogP contribution in [0.3, 0.4) is 0 Å². The van der Waals surface area contributed by atoms with Crippen LogP contribution in [0.15, 0.2) is 72.8 Å². The van der Waals surface area contributed by atoms with E-state index >= 15 is 0 Å². The fourth-order valence-corrected chi connectivity index (χ4v) is 6.56. The summed E-state index contributed by atoms with van der Waals surface area (Å²) < 4.78 is 10.6. The van der Waals surface area contributed by atoms with Gasteiger partial charge in [-0.25, -0.2) is 4.79 Å². The third kappa shape index (κ3) is 7.99. The van der Waals surface area contributed by atoms with Crippen LogP contribution >= 0.6 is 0 Å². The number of amides is 3. The summed E-state index contributed by atoms with van der Waals surface area (Å²) in [4.78, 5) is 66.7. The number of esters is 2. The zero-order chi connectivity index (χ0) is 33.0. The zero-order valence-corrected chi connectivity index (χ0v) is 26.5. The van der Waals surface area contributed by atoms with Crippen LogP contribution in [-0.2, 0) is 46.5 Å². The maximum Gasteiger partial charge on any atom is 0.328 e. The molecule has 10 heteroatoms. The smallest absolute Gasteiger partial charge is 0.328 e. The average Bonchev–Trinajstić information content (AvgIpc) is 4.02. The van der Waals surface area contributed by atoms with E-state index in [1.165, 1.54) is 7.11 Å². The first-order valence-corrected chi connectivity index (χ1v) is 16.4. The number of nitrogens with one attached hydrogen (secondary N) is 3. The fourth-order valence-electron chi connectivity index (χ4n) is 6.56. The fraction of sp³-hybridized carbons (Fsp3) is 0.432. The van der Waals surface area contributed by atoms with Crippen molar-refractivity contribution in [2.45, 2.75) is 75.6 Å². The summed E-state index contributed by atoms with van der Waals surface area (Å²) in [5, 5.41) is 10.5. The number of ether oxygens (including phenoxy) is 2. The second-order valence-corrected chi connectivity index (χ2v) is 13.2. The molecule has 3 fully saturated rings. The molecule has 1 spiro atoms. The van der Waals surface area contributed by atoms with Gasteiger partial charge in [-0.15, -0.1) is 0 Å². The Morgan fingerprint density at radius 3 is 2.26 bits per heavy atom. The monoisotopic (exact) mass is 639 g/mol. The molecule has 3 aromatic carbocycles. The van der Waals surface area contributed by atoms with E-state index in [2.05, 4.69) is 16.0 Å². The quantitative estimate of drug-likeness (QED) is 0.180. The lowest BCUT2D eigenvalue weighted by atomic mass is 9.93. The lowest BCUT2D eigenvalue weighted by molar-refractivity contribution is -0.154. The van der Waals surface area contributed by atoms with Crippen molar-refractivity contribution in [1.29, 1.82) is 0 Å². The molecular formula is C37H41N3O7. The van der Waals surface area contributed by atoms with Gasteiger partial charge in [0.05, 0.1) is 7.11 Å². The molecule has 10 nitrogen and oxygen atoms in total. The summed E-state index contributed by atoms with van der Waals surface area (Å²) in [5.74, 6) is -4.08.